The van der Waals surface area contributed by atoms with Crippen LogP contribution < -0.4 is 0 Å². The smallest absolute Gasteiger partial charge is 0.0715 e. The minimum Gasteiger partial charge on any atom is -0.380 e. The van der Waals surface area contributed by atoms with Crippen LogP contribution in [0.2, 0.25) is 0 Å². The molecule has 1 nitrogen and oxygen atoms in total. The Morgan fingerprint density at radius 3 is 2.17 bits per heavy atom. The van der Waals surface area contributed by atoms with Gasteiger partial charge in [-0.1, -0.05) is 39.2 Å². The molecule has 0 aliphatic carbocycles. The maximum Gasteiger partial charge on any atom is 0.0715 e. The summed E-state index contributed by atoms with van der Waals surface area (Å²) in [5.41, 5.74) is 2.34. The van der Waals surface area contributed by atoms with E-state index in [0.29, 0.717) is 12.5 Å². The largest absolute Gasteiger partial charge is 0.380 e. The second-order valence-electron chi connectivity index (χ2n) is 2.98. The second kappa shape index (κ2) is 5.78. The Balaban J connectivity index is 4.73. The number of hydrogen-bond donors (Lipinski definition) is 0. The lowest BCUT2D eigenvalue weighted by Crippen LogP contribution is -2.00. The summed E-state index contributed by atoms with van der Waals surface area (Å²) in [6.45, 7) is 12.4. The van der Waals surface area contributed by atoms with Crippen LogP contribution in [0, 0.1) is 5.92 Å². The first-order valence-electron chi connectivity index (χ1n) is 4.14. The van der Waals surface area contributed by atoms with Crippen molar-refractivity contribution in [3.63, 3.8) is 0 Å². The standard InChI is InChI=1S/C11H18O/c1-6-10(8-12-5)11(7-2)9(3)4/h6-7,9H,1-2,8H2,3-5H3/b11-10-. The molecule has 0 saturated heterocycles. The monoisotopic (exact) mass is 166 g/mol. The molecule has 0 amide bonds. The van der Waals surface area contributed by atoms with Crippen LogP contribution in [0.15, 0.2) is 36.5 Å². The van der Waals surface area contributed by atoms with Crippen molar-refractivity contribution in [3.05, 3.63) is 36.5 Å². The molecule has 0 aromatic heterocycles. The number of methoxy groups -OCH3 is 1. The fourth-order valence-corrected chi connectivity index (χ4v) is 1.15. The molecular formula is C11H18O. The molecule has 0 bridgehead atoms. The van der Waals surface area contributed by atoms with E-state index in [4.69, 9.17) is 4.74 Å². The summed E-state index contributed by atoms with van der Waals surface area (Å²) in [7, 11) is 1.69. The van der Waals surface area contributed by atoms with Crippen molar-refractivity contribution in [2.24, 2.45) is 5.92 Å². The van der Waals surface area contributed by atoms with Gasteiger partial charge in [-0.25, -0.2) is 0 Å². The molecule has 12 heavy (non-hydrogen) atoms. The first-order chi connectivity index (χ1) is 5.67. The summed E-state index contributed by atoms with van der Waals surface area (Å²) in [6, 6.07) is 0. The van der Waals surface area contributed by atoms with E-state index >= 15 is 0 Å². The predicted octanol–water partition coefficient (Wildman–Crippen LogP) is 2.96. The molecule has 0 rings (SSSR count). The van der Waals surface area contributed by atoms with Gasteiger partial charge in [-0.05, 0) is 17.1 Å². The number of rotatable bonds is 5. The van der Waals surface area contributed by atoms with Gasteiger partial charge in [0.25, 0.3) is 0 Å². The van der Waals surface area contributed by atoms with Gasteiger partial charge in [0.15, 0.2) is 0 Å². The molecule has 0 atom stereocenters. The summed E-state index contributed by atoms with van der Waals surface area (Å²) in [4.78, 5) is 0. The molecule has 0 aromatic rings. The quantitative estimate of drug-likeness (QED) is 0.570. The van der Waals surface area contributed by atoms with Crippen LogP contribution in [0.25, 0.3) is 0 Å². The predicted molar refractivity (Wildman–Crippen MR) is 54.1 cm³/mol. The highest BCUT2D eigenvalue weighted by Gasteiger charge is 2.03. The summed E-state index contributed by atoms with van der Waals surface area (Å²) in [5.74, 6) is 0.477. The summed E-state index contributed by atoms with van der Waals surface area (Å²) in [5, 5.41) is 0. The van der Waals surface area contributed by atoms with Crippen LogP contribution in [-0.4, -0.2) is 13.7 Å². The van der Waals surface area contributed by atoms with Crippen molar-refractivity contribution < 1.29 is 4.74 Å². The van der Waals surface area contributed by atoms with Gasteiger partial charge in [0.2, 0.25) is 0 Å². The molecule has 0 fully saturated rings. The molecule has 0 spiro atoms. The molecule has 68 valence electrons. The van der Waals surface area contributed by atoms with Crippen LogP contribution >= 0.6 is 0 Å². The van der Waals surface area contributed by atoms with Crippen molar-refractivity contribution >= 4 is 0 Å². The first-order valence-corrected chi connectivity index (χ1v) is 4.14. The summed E-state index contributed by atoms with van der Waals surface area (Å²) in [6.07, 6.45) is 3.71. The molecule has 1 heteroatoms. The van der Waals surface area contributed by atoms with E-state index in [0.717, 1.165) is 5.57 Å². The van der Waals surface area contributed by atoms with Crippen LogP contribution in [0.1, 0.15) is 13.8 Å². The van der Waals surface area contributed by atoms with Gasteiger partial charge in [-0.3, -0.25) is 0 Å². The SMILES string of the molecule is C=C/C(COC)=C(\C=C)C(C)C. The van der Waals surface area contributed by atoms with Gasteiger partial charge >= 0.3 is 0 Å². The Hall–Kier alpha value is -0.820. The average molecular weight is 166 g/mol. The first kappa shape index (κ1) is 11.2. The molecule has 0 unspecified atom stereocenters. The highest BCUT2D eigenvalue weighted by atomic mass is 16.5. The molecule has 0 aromatic carbocycles. The van der Waals surface area contributed by atoms with Gasteiger partial charge in [0.05, 0.1) is 6.61 Å². The molecule has 0 aliphatic heterocycles. The Kier molecular flexibility index (Phi) is 5.39. The molecule has 0 heterocycles. The summed E-state index contributed by atoms with van der Waals surface area (Å²) < 4.78 is 5.05. The summed E-state index contributed by atoms with van der Waals surface area (Å²) >= 11 is 0. The van der Waals surface area contributed by atoms with Crippen LogP contribution in [0.3, 0.4) is 0 Å². The van der Waals surface area contributed by atoms with Crippen molar-refractivity contribution in [3.8, 4) is 0 Å². The van der Waals surface area contributed by atoms with Crippen LogP contribution in [0.4, 0.5) is 0 Å². The van der Waals surface area contributed by atoms with Crippen molar-refractivity contribution in [2.45, 2.75) is 13.8 Å². The lowest BCUT2D eigenvalue weighted by atomic mass is 9.98. The third-order valence-corrected chi connectivity index (χ3v) is 1.76. The van der Waals surface area contributed by atoms with Gasteiger partial charge in [-0.2, -0.15) is 0 Å². The number of hydrogen-bond acceptors (Lipinski definition) is 1. The Labute approximate surface area is 75.4 Å². The third kappa shape index (κ3) is 3.05. The Bertz CT molecular complexity index is 187. The normalized spacial score (nSPS) is 12.7. The maximum absolute atomic E-state index is 5.05. The van der Waals surface area contributed by atoms with E-state index in [2.05, 4.69) is 27.0 Å². The zero-order chi connectivity index (χ0) is 9.56. The molecule has 0 saturated carbocycles. The van der Waals surface area contributed by atoms with Crippen LogP contribution in [-0.2, 0) is 4.74 Å². The van der Waals surface area contributed by atoms with E-state index in [1.165, 1.54) is 5.57 Å². The van der Waals surface area contributed by atoms with Gasteiger partial charge < -0.3 is 4.74 Å². The zero-order valence-corrected chi connectivity index (χ0v) is 8.26. The van der Waals surface area contributed by atoms with Gasteiger partial charge in [-0.15, -0.1) is 0 Å². The van der Waals surface area contributed by atoms with E-state index in [-0.39, 0.29) is 0 Å². The zero-order valence-electron chi connectivity index (χ0n) is 8.26. The maximum atomic E-state index is 5.05. The van der Waals surface area contributed by atoms with Crippen molar-refractivity contribution in [1.29, 1.82) is 0 Å². The Morgan fingerprint density at radius 2 is 1.92 bits per heavy atom. The number of allylic oxidation sites excluding steroid dienone is 2. The molecule has 0 N–H and O–H groups in total. The highest BCUT2D eigenvalue weighted by molar-refractivity contribution is 5.32. The fraction of sp³-hybridized carbons (Fsp3) is 0.455. The van der Waals surface area contributed by atoms with Crippen molar-refractivity contribution in [2.75, 3.05) is 13.7 Å². The minimum atomic E-state index is 0.477. The fourth-order valence-electron chi connectivity index (χ4n) is 1.15. The van der Waals surface area contributed by atoms with Gasteiger partial charge in [0, 0.05) is 7.11 Å². The molecular weight excluding hydrogens is 148 g/mol. The van der Waals surface area contributed by atoms with E-state index < -0.39 is 0 Å². The number of ether oxygens (including phenoxy) is 1. The van der Waals surface area contributed by atoms with Gasteiger partial charge in [0.1, 0.15) is 0 Å². The third-order valence-electron chi connectivity index (χ3n) is 1.76. The highest BCUT2D eigenvalue weighted by Crippen LogP contribution is 2.16. The molecule has 0 aliphatic rings. The van der Waals surface area contributed by atoms with E-state index in [9.17, 15) is 0 Å². The average Bonchev–Trinajstić information content (AvgIpc) is 2.03. The molecule has 0 radical (unpaired) electrons. The second-order valence-corrected chi connectivity index (χ2v) is 2.98. The van der Waals surface area contributed by atoms with E-state index in [1.807, 2.05) is 12.2 Å². The topological polar surface area (TPSA) is 9.23 Å². The van der Waals surface area contributed by atoms with E-state index in [1.54, 1.807) is 7.11 Å². The Morgan fingerprint density at radius 1 is 1.33 bits per heavy atom. The lowest BCUT2D eigenvalue weighted by Gasteiger charge is -2.11. The van der Waals surface area contributed by atoms with Crippen molar-refractivity contribution in [1.82, 2.24) is 0 Å². The lowest BCUT2D eigenvalue weighted by molar-refractivity contribution is 0.227. The van der Waals surface area contributed by atoms with Crippen LogP contribution in [0.5, 0.6) is 0 Å². The minimum absolute atomic E-state index is 0.477.